The van der Waals surface area contributed by atoms with E-state index in [1.807, 2.05) is 44.0 Å². The number of carbonyl (C=O) groups excluding carboxylic acids is 2. The van der Waals surface area contributed by atoms with Gasteiger partial charge in [0.25, 0.3) is 0 Å². The molecule has 1 aromatic heterocycles. The molecule has 7 aliphatic rings. The molecule has 0 radical (unpaired) electrons. The van der Waals surface area contributed by atoms with Crippen LogP contribution in [-0.4, -0.2) is 101 Å². The molecule has 0 aliphatic carbocycles. The first-order valence-electron chi connectivity index (χ1n) is 19.5. The smallest absolute Gasteiger partial charge is 0.333 e. The standard InChI is InChI=1S/C42H47N5O9S/c1-17-7-8-25-23(9-17)24-12-22(13-43)45-42(39(24)44-25)15-57-38-30-29(37-36(54-16-55-37)19(3)35(30)56-20(4)48)27(14-53-41(42)51)47-32(38)31-28-21(11-26(40(47)50)46(31)5)10-18(2)34(52-6)33(28)49/h7-10,22,26-27,31-32,38,40,44-45,49-50H,11-16,43H2,1-6H3/t22-,26+,27+,31-,32-,38-,40+,42-/m1/s1. The molecule has 15 heteroatoms. The lowest BCUT2D eigenvalue weighted by molar-refractivity contribution is -0.186. The number of aryl methyl sites for hydroxylation is 2. The van der Waals surface area contributed by atoms with Crippen LogP contribution in [0.5, 0.6) is 28.7 Å². The van der Waals surface area contributed by atoms with Crippen LogP contribution in [0.15, 0.2) is 24.3 Å². The number of likely N-dealkylation sites (N-methyl/N-ethyl adjacent to an activating group) is 1. The van der Waals surface area contributed by atoms with E-state index >= 15 is 4.79 Å². The summed E-state index contributed by atoms with van der Waals surface area (Å²) in [5.74, 6) is 0.936. The van der Waals surface area contributed by atoms with E-state index < -0.39 is 47.1 Å². The van der Waals surface area contributed by atoms with Gasteiger partial charge in [-0.05, 0) is 69.5 Å². The fraction of sp³-hybridized carbons (Fsp3) is 0.476. The Morgan fingerprint density at radius 1 is 1.09 bits per heavy atom. The molecule has 4 aromatic rings. The minimum Gasteiger partial charge on any atom is -0.504 e. The molecule has 11 rings (SSSR count). The van der Waals surface area contributed by atoms with E-state index in [0.29, 0.717) is 64.6 Å². The number of thioether (sulfide) groups is 1. The Morgan fingerprint density at radius 2 is 1.88 bits per heavy atom. The molecule has 0 amide bonds. The van der Waals surface area contributed by atoms with Crippen LogP contribution < -0.4 is 30.0 Å². The molecule has 0 unspecified atom stereocenters. The third-order valence-electron chi connectivity index (χ3n) is 13.3. The number of H-pyrrole nitrogens is 1. The van der Waals surface area contributed by atoms with E-state index in [4.69, 9.17) is 29.4 Å². The van der Waals surface area contributed by atoms with E-state index in [1.54, 1.807) is 7.11 Å². The van der Waals surface area contributed by atoms with Gasteiger partial charge in [0.05, 0.1) is 36.2 Å². The number of ether oxygens (including phenoxy) is 5. The first-order chi connectivity index (χ1) is 27.4. The number of hydrogen-bond donors (Lipinski definition) is 5. The van der Waals surface area contributed by atoms with Gasteiger partial charge in [0.2, 0.25) is 6.79 Å². The zero-order valence-electron chi connectivity index (χ0n) is 32.7. The maximum Gasteiger partial charge on any atom is 0.333 e. The van der Waals surface area contributed by atoms with E-state index in [9.17, 15) is 15.0 Å². The number of hydrogen-bond acceptors (Lipinski definition) is 14. The maximum atomic E-state index is 15.0. The molecule has 300 valence electrons. The van der Waals surface area contributed by atoms with Crippen LogP contribution in [0.3, 0.4) is 0 Å². The second kappa shape index (κ2) is 13.0. The normalized spacial score (nSPS) is 30.0. The van der Waals surface area contributed by atoms with Crippen molar-refractivity contribution in [2.24, 2.45) is 5.73 Å². The topological polar surface area (TPSA) is 181 Å². The van der Waals surface area contributed by atoms with E-state index in [2.05, 4.69) is 28.2 Å². The fourth-order valence-electron chi connectivity index (χ4n) is 10.9. The number of aromatic amines is 1. The SMILES string of the molecule is COc1c(C)cc2c(c1O)[C@@H]1[C@@H]3[C@@H]4SC[C@]5(N[C@@H](CN)Cc6c5[nH]c5ccc(C)cc65)C(=O)OC[C@@H](c5c6c(c(C)c(OC(C)=O)c54)OCO6)N3[C@@H](O)[C@H](C2)N1C. The molecule has 57 heavy (non-hydrogen) atoms. The maximum absolute atomic E-state index is 15.0. The Morgan fingerprint density at radius 3 is 2.63 bits per heavy atom. The average Bonchev–Trinajstić information content (AvgIpc) is 3.82. The van der Waals surface area contributed by atoms with Crippen LogP contribution in [0.4, 0.5) is 0 Å². The quantitative estimate of drug-likeness (QED) is 0.149. The Labute approximate surface area is 333 Å². The van der Waals surface area contributed by atoms with Crippen molar-refractivity contribution in [3.8, 4) is 28.7 Å². The zero-order valence-corrected chi connectivity index (χ0v) is 33.5. The Hall–Kier alpha value is -4.51. The average molecular weight is 798 g/mol. The first-order valence-corrected chi connectivity index (χ1v) is 20.5. The Balaban J connectivity index is 1.24. The third-order valence-corrected chi connectivity index (χ3v) is 14.7. The van der Waals surface area contributed by atoms with Gasteiger partial charge in [-0.2, -0.15) is 0 Å². The predicted octanol–water partition coefficient (Wildman–Crippen LogP) is 3.82. The predicted molar refractivity (Wildman–Crippen MR) is 211 cm³/mol. The number of aliphatic hydroxyl groups is 1. The van der Waals surface area contributed by atoms with Gasteiger partial charge < -0.3 is 44.6 Å². The van der Waals surface area contributed by atoms with Crippen LogP contribution in [0.1, 0.15) is 74.5 Å². The van der Waals surface area contributed by atoms with Crippen LogP contribution in [-0.2, 0) is 32.7 Å². The number of esters is 2. The van der Waals surface area contributed by atoms with E-state index in [0.717, 1.165) is 38.9 Å². The number of nitrogens with two attached hydrogens (primary N) is 1. The molecule has 6 N–H and O–H groups in total. The van der Waals surface area contributed by atoms with Crippen molar-refractivity contribution in [1.29, 1.82) is 0 Å². The molecule has 0 saturated carbocycles. The van der Waals surface area contributed by atoms with Crippen molar-refractivity contribution in [2.45, 2.75) is 87.8 Å². The summed E-state index contributed by atoms with van der Waals surface area (Å²) in [6.45, 7) is 7.25. The number of piperazine rings is 1. The summed E-state index contributed by atoms with van der Waals surface area (Å²) in [6, 6.07) is 5.86. The molecule has 4 bridgehead atoms. The van der Waals surface area contributed by atoms with Gasteiger partial charge in [0.1, 0.15) is 18.6 Å². The molecular weight excluding hydrogens is 751 g/mol. The first kappa shape index (κ1) is 36.8. The lowest BCUT2D eigenvalue weighted by atomic mass is 9.73. The molecule has 8 heterocycles. The summed E-state index contributed by atoms with van der Waals surface area (Å²) in [7, 11) is 3.53. The number of carbonyl (C=O) groups is 2. The van der Waals surface area contributed by atoms with Crippen molar-refractivity contribution in [3.63, 3.8) is 0 Å². The number of fused-ring (bicyclic) bond motifs is 11. The highest BCUT2D eigenvalue weighted by atomic mass is 32.2. The van der Waals surface area contributed by atoms with Gasteiger partial charge in [-0.3, -0.25) is 19.9 Å². The van der Waals surface area contributed by atoms with Crippen molar-refractivity contribution in [2.75, 3.05) is 39.9 Å². The summed E-state index contributed by atoms with van der Waals surface area (Å²) < 4.78 is 30.8. The number of rotatable bonds is 3. The third kappa shape index (κ3) is 5.02. The number of aromatic nitrogens is 1. The summed E-state index contributed by atoms with van der Waals surface area (Å²) in [5, 5.41) is 28.9. The number of benzene rings is 3. The van der Waals surface area contributed by atoms with Crippen molar-refractivity contribution < 1.29 is 43.5 Å². The molecule has 3 aromatic carbocycles. The van der Waals surface area contributed by atoms with Crippen LogP contribution in [0.2, 0.25) is 0 Å². The summed E-state index contributed by atoms with van der Waals surface area (Å²) >= 11 is 1.52. The van der Waals surface area contributed by atoms with Crippen molar-refractivity contribution in [1.82, 2.24) is 20.1 Å². The number of phenolic OH excluding ortho intramolecular Hbond substituents is 1. The molecule has 2 saturated heterocycles. The number of nitrogens with zero attached hydrogens (tertiary/aromatic N) is 2. The van der Waals surface area contributed by atoms with Crippen LogP contribution in [0.25, 0.3) is 10.9 Å². The highest BCUT2D eigenvalue weighted by Gasteiger charge is 2.62. The minimum absolute atomic E-state index is 0.0486. The van der Waals surface area contributed by atoms with Crippen molar-refractivity contribution in [3.05, 3.63) is 74.5 Å². The van der Waals surface area contributed by atoms with Gasteiger partial charge in [0, 0.05) is 64.5 Å². The van der Waals surface area contributed by atoms with Crippen LogP contribution in [0, 0.1) is 20.8 Å². The van der Waals surface area contributed by atoms with Crippen LogP contribution >= 0.6 is 11.8 Å². The molecule has 2 fully saturated rings. The fourth-order valence-corrected chi connectivity index (χ4v) is 12.5. The number of methoxy groups -OCH3 is 1. The molecule has 7 aliphatic heterocycles. The highest BCUT2D eigenvalue weighted by molar-refractivity contribution is 7.99. The van der Waals surface area contributed by atoms with Crippen molar-refractivity contribution >= 4 is 34.6 Å². The molecule has 14 nitrogen and oxygen atoms in total. The summed E-state index contributed by atoms with van der Waals surface area (Å²) in [6.07, 6.45) is 0.0526. The molecular formula is C42H47N5O9S. The van der Waals surface area contributed by atoms with Gasteiger partial charge in [0.15, 0.2) is 28.5 Å². The second-order valence-electron chi connectivity index (χ2n) is 16.4. The summed E-state index contributed by atoms with van der Waals surface area (Å²) in [4.78, 5) is 35.9. The lowest BCUT2D eigenvalue weighted by Crippen LogP contribution is -2.70. The Kier molecular flexibility index (Phi) is 8.39. The van der Waals surface area contributed by atoms with Gasteiger partial charge in [-0.25, -0.2) is 4.79 Å². The number of aliphatic hydroxyl groups excluding tert-OH is 1. The Bertz CT molecular complexity index is 2400. The number of phenols is 1. The molecule has 1 spiro atoms. The monoisotopic (exact) mass is 797 g/mol. The van der Waals surface area contributed by atoms with Gasteiger partial charge in [-0.15, -0.1) is 11.8 Å². The lowest BCUT2D eigenvalue weighted by Gasteiger charge is -2.62. The van der Waals surface area contributed by atoms with Gasteiger partial charge >= 0.3 is 11.9 Å². The number of aromatic hydroxyl groups is 1. The highest BCUT2D eigenvalue weighted by Crippen LogP contribution is 2.64. The molecule has 8 atom stereocenters. The number of nitrogens with one attached hydrogen (secondary N) is 2. The minimum atomic E-state index is -1.35. The van der Waals surface area contributed by atoms with E-state index in [1.165, 1.54) is 18.7 Å². The second-order valence-corrected chi connectivity index (χ2v) is 17.5. The van der Waals surface area contributed by atoms with E-state index in [-0.39, 0.29) is 37.0 Å². The van der Waals surface area contributed by atoms with Gasteiger partial charge in [-0.1, -0.05) is 17.7 Å². The zero-order chi connectivity index (χ0) is 39.8. The largest absolute Gasteiger partial charge is 0.504 e. The summed E-state index contributed by atoms with van der Waals surface area (Å²) in [5.41, 5.74) is 13.2.